The van der Waals surface area contributed by atoms with E-state index < -0.39 is 0 Å². The number of fused-ring (bicyclic) bond motifs is 4. The first kappa shape index (κ1) is 20.7. The first-order valence-corrected chi connectivity index (χ1v) is 11.7. The lowest BCUT2D eigenvalue weighted by atomic mass is 9.91. The van der Waals surface area contributed by atoms with Gasteiger partial charge in [0, 0.05) is 28.4 Å². The van der Waals surface area contributed by atoms with Crippen LogP contribution in [-0.2, 0) is 12.0 Å². The summed E-state index contributed by atoms with van der Waals surface area (Å²) < 4.78 is 8.78. The summed E-state index contributed by atoms with van der Waals surface area (Å²) in [5, 5.41) is 2.16. The third-order valence-corrected chi connectivity index (χ3v) is 6.54. The van der Waals surface area contributed by atoms with Crippen LogP contribution in [0.3, 0.4) is 0 Å². The SMILES string of the molecule is Cc1ccc(-c2nc3ccccc3n2Cc2ccccc2)c2oc3nc(C(C)(C)C)ccc3c12. The van der Waals surface area contributed by atoms with E-state index in [-0.39, 0.29) is 5.41 Å². The van der Waals surface area contributed by atoms with Gasteiger partial charge in [-0.2, -0.15) is 0 Å². The Labute approximate surface area is 198 Å². The molecule has 0 spiro atoms. The van der Waals surface area contributed by atoms with Crippen molar-refractivity contribution in [3.05, 3.63) is 95.7 Å². The van der Waals surface area contributed by atoms with Crippen LogP contribution in [0.15, 0.2) is 83.3 Å². The predicted octanol–water partition coefficient (Wildman–Crippen LogP) is 7.65. The molecule has 6 rings (SSSR count). The molecule has 0 saturated carbocycles. The highest BCUT2D eigenvalue weighted by atomic mass is 16.3. The van der Waals surface area contributed by atoms with Gasteiger partial charge < -0.3 is 8.98 Å². The van der Waals surface area contributed by atoms with Crippen LogP contribution in [0.4, 0.5) is 0 Å². The van der Waals surface area contributed by atoms with Gasteiger partial charge in [-0.05, 0) is 48.4 Å². The lowest BCUT2D eigenvalue weighted by Gasteiger charge is -2.16. The maximum atomic E-state index is 6.49. The molecule has 3 aromatic heterocycles. The van der Waals surface area contributed by atoms with Crippen LogP contribution in [0.25, 0.3) is 44.5 Å². The molecule has 0 aliphatic heterocycles. The van der Waals surface area contributed by atoms with Crippen LogP contribution in [0, 0.1) is 6.92 Å². The molecule has 4 heteroatoms. The number of hydrogen-bond donors (Lipinski definition) is 0. The Balaban J connectivity index is 1.63. The number of aryl methyl sites for hydroxylation is 1. The zero-order valence-corrected chi connectivity index (χ0v) is 20.0. The average Bonchev–Trinajstić information content (AvgIpc) is 3.38. The summed E-state index contributed by atoms with van der Waals surface area (Å²) in [7, 11) is 0. The van der Waals surface area contributed by atoms with E-state index in [9.17, 15) is 0 Å². The number of para-hydroxylation sites is 2. The Morgan fingerprint density at radius 3 is 2.38 bits per heavy atom. The van der Waals surface area contributed by atoms with E-state index in [4.69, 9.17) is 14.4 Å². The van der Waals surface area contributed by atoms with Crippen LogP contribution in [0.5, 0.6) is 0 Å². The molecule has 6 aromatic rings. The second-order valence-corrected chi connectivity index (χ2v) is 10.0. The van der Waals surface area contributed by atoms with Crippen molar-refractivity contribution in [3.63, 3.8) is 0 Å². The van der Waals surface area contributed by atoms with E-state index >= 15 is 0 Å². The van der Waals surface area contributed by atoms with Crippen LogP contribution in [0.1, 0.15) is 37.6 Å². The minimum Gasteiger partial charge on any atom is -0.437 e. The molecule has 0 amide bonds. The molecule has 0 bridgehead atoms. The van der Waals surface area contributed by atoms with Crippen molar-refractivity contribution in [3.8, 4) is 11.4 Å². The summed E-state index contributed by atoms with van der Waals surface area (Å²) in [6.45, 7) is 9.38. The van der Waals surface area contributed by atoms with Crippen molar-refractivity contribution < 1.29 is 4.42 Å². The Morgan fingerprint density at radius 2 is 1.59 bits per heavy atom. The Kier molecular flexibility index (Phi) is 4.59. The van der Waals surface area contributed by atoms with E-state index in [2.05, 4.69) is 99.0 Å². The molecule has 0 radical (unpaired) electrons. The second-order valence-electron chi connectivity index (χ2n) is 10.0. The highest BCUT2D eigenvalue weighted by Gasteiger charge is 2.22. The molecular weight excluding hydrogens is 418 g/mol. The van der Waals surface area contributed by atoms with Gasteiger partial charge in [-0.15, -0.1) is 0 Å². The van der Waals surface area contributed by atoms with Crippen LogP contribution >= 0.6 is 0 Å². The number of aromatic nitrogens is 3. The van der Waals surface area contributed by atoms with Gasteiger partial charge in [-0.3, -0.25) is 0 Å². The van der Waals surface area contributed by atoms with Crippen molar-refractivity contribution in [1.29, 1.82) is 0 Å². The van der Waals surface area contributed by atoms with E-state index in [0.29, 0.717) is 5.71 Å². The molecule has 34 heavy (non-hydrogen) atoms. The topological polar surface area (TPSA) is 43.9 Å². The standard InChI is InChI=1S/C30H27N3O/c1-19-14-15-22(27-26(19)21-16-17-25(30(2,3)4)32-29(21)34-27)28-31-23-12-8-9-13-24(23)33(28)18-20-10-6-5-7-11-20/h5-17H,18H2,1-4H3. The summed E-state index contributed by atoms with van der Waals surface area (Å²) in [6, 6.07) is 27.4. The van der Waals surface area contributed by atoms with Crippen LogP contribution < -0.4 is 0 Å². The van der Waals surface area contributed by atoms with Gasteiger partial charge in [-0.25, -0.2) is 9.97 Å². The number of nitrogens with zero attached hydrogens (tertiary/aromatic N) is 3. The minimum atomic E-state index is -0.0469. The highest BCUT2D eigenvalue weighted by Crippen LogP contribution is 2.39. The lowest BCUT2D eigenvalue weighted by molar-refractivity contribution is 0.562. The van der Waals surface area contributed by atoms with Gasteiger partial charge in [0.1, 0.15) is 11.4 Å². The summed E-state index contributed by atoms with van der Waals surface area (Å²) in [6.07, 6.45) is 0. The number of imidazole rings is 1. The molecule has 0 unspecified atom stereocenters. The molecular formula is C30H27N3O. The third kappa shape index (κ3) is 3.29. The average molecular weight is 446 g/mol. The van der Waals surface area contributed by atoms with Gasteiger partial charge in [0.2, 0.25) is 5.71 Å². The van der Waals surface area contributed by atoms with Gasteiger partial charge in [0.25, 0.3) is 0 Å². The number of benzene rings is 3. The molecule has 0 aliphatic rings. The maximum absolute atomic E-state index is 6.49. The molecule has 0 atom stereocenters. The highest BCUT2D eigenvalue weighted by molar-refractivity contribution is 6.10. The normalized spacial score (nSPS) is 12.2. The van der Waals surface area contributed by atoms with Gasteiger partial charge in [-0.1, -0.05) is 69.3 Å². The van der Waals surface area contributed by atoms with Gasteiger partial charge in [0.15, 0.2) is 0 Å². The number of rotatable bonds is 3. The van der Waals surface area contributed by atoms with Crippen LogP contribution in [0.2, 0.25) is 0 Å². The van der Waals surface area contributed by atoms with E-state index in [0.717, 1.165) is 51.0 Å². The quantitative estimate of drug-likeness (QED) is 0.281. The Morgan fingerprint density at radius 1 is 0.824 bits per heavy atom. The summed E-state index contributed by atoms with van der Waals surface area (Å²) in [5.74, 6) is 0.908. The predicted molar refractivity (Wildman–Crippen MR) is 139 cm³/mol. The molecule has 3 aromatic carbocycles. The molecule has 0 aliphatic carbocycles. The zero-order valence-electron chi connectivity index (χ0n) is 20.0. The fourth-order valence-electron chi connectivity index (χ4n) is 4.73. The fourth-order valence-corrected chi connectivity index (χ4v) is 4.73. The molecule has 0 N–H and O–H groups in total. The van der Waals surface area contributed by atoms with E-state index in [1.165, 1.54) is 11.1 Å². The first-order valence-electron chi connectivity index (χ1n) is 11.7. The lowest BCUT2D eigenvalue weighted by Crippen LogP contribution is -2.12. The molecule has 0 saturated heterocycles. The minimum absolute atomic E-state index is 0.0469. The van der Waals surface area contributed by atoms with E-state index in [1.807, 2.05) is 12.1 Å². The monoisotopic (exact) mass is 445 g/mol. The fraction of sp³-hybridized carbons (Fsp3) is 0.200. The molecule has 0 fully saturated rings. The van der Waals surface area contributed by atoms with Crippen molar-refractivity contribution in [2.75, 3.05) is 0 Å². The first-order chi connectivity index (χ1) is 16.4. The van der Waals surface area contributed by atoms with Crippen molar-refractivity contribution in [1.82, 2.24) is 14.5 Å². The zero-order chi connectivity index (χ0) is 23.4. The number of hydrogen-bond acceptors (Lipinski definition) is 3. The van der Waals surface area contributed by atoms with Gasteiger partial charge >= 0.3 is 0 Å². The molecule has 3 heterocycles. The van der Waals surface area contributed by atoms with Crippen molar-refractivity contribution >= 4 is 33.1 Å². The van der Waals surface area contributed by atoms with E-state index in [1.54, 1.807) is 0 Å². The van der Waals surface area contributed by atoms with Crippen molar-refractivity contribution in [2.45, 2.75) is 39.7 Å². The largest absolute Gasteiger partial charge is 0.437 e. The Hall–Kier alpha value is -3.92. The molecule has 4 nitrogen and oxygen atoms in total. The number of pyridine rings is 1. The summed E-state index contributed by atoms with van der Waals surface area (Å²) in [5.41, 5.74) is 7.99. The Bertz CT molecular complexity index is 1670. The third-order valence-electron chi connectivity index (χ3n) is 6.54. The second kappa shape index (κ2) is 7.56. The van der Waals surface area contributed by atoms with Crippen molar-refractivity contribution in [2.24, 2.45) is 0 Å². The van der Waals surface area contributed by atoms with Gasteiger partial charge in [0.05, 0.1) is 16.6 Å². The maximum Gasteiger partial charge on any atom is 0.227 e. The number of furan rings is 1. The summed E-state index contributed by atoms with van der Waals surface area (Å²) >= 11 is 0. The van der Waals surface area contributed by atoms with Crippen LogP contribution in [-0.4, -0.2) is 14.5 Å². The summed E-state index contributed by atoms with van der Waals surface area (Å²) in [4.78, 5) is 9.97. The molecule has 168 valence electrons. The smallest absolute Gasteiger partial charge is 0.227 e.